The Hall–Kier alpha value is -1.03. The van der Waals surface area contributed by atoms with E-state index in [1.807, 2.05) is 0 Å². The van der Waals surface area contributed by atoms with Crippen molar-refractivity contribution in [1.29, 1.82) is 0 Å². The SMILES string of the molecule is Cc1nn(C)c(C(=O)NC2CCCC2)c1Cl. The van der Waals surface area contributed by atoms with Crippen LogP contribution in [-0.2, 0) is 7.05 Å². The third kappa shape index (κ3) is 2.07. The van der Waals surface area contributed by atoms with Crippen LogP contribution < -0.4 is 5.32 Å². The van der Waals surface area contributed by atoms with E-state index in [2.05, 4.69) is 10.4 Å². The maximum atomic E-state index is 12.0. The van der Waals surface area contributed by atoms with Crippen LogP contribution in [0.1, 0.15) is 41.9 Å². The molecule has 0 aliphatic heterocycles. The number of aryl methyl sites for hydroxylation is 2. The number of nitrogens with one attached hydrogen (secondary N) is 1. The summed E-state index contributed by atoms with van der Waals surface area (Å²) in [5.74, 6) is -0.111. The minimum Gasteiger partial charge on any atom is -0.348 e. The minimum atomic E-state index is -0.111. The van der Waals surface area contributed by atoms with Gasteiger partial charge in [0, 0.05) is 13.1 Å². The molecule has 0 bridgehead atoms. The molecular formula is C11H16ClN3O. The van der Waals surface area contributed by atoms with Gasteiger partial charge in [0.15, 0.2) is 0 Å². The maximum absolute atomic E-state index is 12.0. The van der Waals surface area contributed by atoms with Crippen molar-refractivity contribution in [3.8, 4) is 0 Å². The fourth-order valence-electron chi connectivity index (χ4n) is 2.20. The average Bonchev–Trinajstić information content (AvgIpc) is 2.77. The second kappa shape index (κ2) is 4.45. The lowest BCUT2D eigenvalue weighted by atomic mass is 10.2. The van der Waals surface area contributed by atoms with Crippen LogP contribution in [0, 0.1) is 6.92 Å². The zero-order valence-electron chi connectivity index (χ0n) is 9.59. The Morgan fingerprint density at radius 1 is 1.50 bits per heavy atom. The Morgan fingerprint density at radius 3 is 2.62 bits per heavy atom. The summed E-state index contributed by atoms with van der Waals surface area (Å²) >= 11 is 6.05. The average molecular weight is 242 g/mol. The van der Waals surface area contributed by atoms with E-state index in [1.54, 1.807) is 18.7 Å². The van der Waals surface area contributed by atoms with Crippen LogP contribution in [0.2, 0.25) is 5.02 Å². The Balaban J connectivity index is 2.13. The van der Waals surface area contributed by atoms with Gasteiger partial charge in [-0.15, -0.1) is 0 Å². The molecule has 0 spiro atoms. The number of hydrogen-bond donors (Lipinski definition) is 1. The lowest BCUT2D eigenvalue weighted by Crippen LogP contribution is -2.34. The number of hydrogen-bond acceptors (Lipinski definition) is 2. The second-order valence-corrected chi connectivity index (χ2v) is 4.70. The summed E-state index contributed by atoms with van der Waals surface area (Å²) < 4.78 is 1.54. The van der Waals surface area contributed by atoms with Crippen LogP contribution >= 0.6 is 11.6 Å². The molecule has 4 nitrogen and oxygen atoms in total. The molecule has 0 saturated heterocycles. The highest BCUT2D eigenvalue weighted by Gasteiger charge is 2.23. The molecule has 0 unspecified atom stereocenters. The Bertz CT molecular complexity index is 408. The molecule has 1 aliphatic rings. The smallest absolute Gasteiger partial charge is 0.271 e. The van der Waals surface area contributed by atoms with Crippen molar-refractivity contribution in [2.75, 3.05) is 0 Å². The highest BCUT2D eigenvalue weighted by molar-refractivity contribution is 6.34. The summed E-state index contributed by atoms with van der Waals surface area (Å²) in [7, 11) is 1.74. The van der Waals surface area contributed by atoms with Crippen LogP contribution in [0.4, 0.5) is 0 Å². The molecule has 1 amide bonds. The van der Waals surface area contributed by atoms with Gasteiger partial charge in [-0.05, 0) is 19.8 Å². The van der Waals surface area contributed by atoms with E-state index in [1.165, 1.54) is 12.8 Å². The summed E-state index contributed by atoms with van der Waals surface area (Å²) in [6.45, 7) is 1.80. The van der Waals surface area contributed by atoms with E-state index in [-0.39, 0.29) is 5.91 Å². The normalized spacial score (nSPS) is 16.7. The number of rotatable bonds is 2. The van der Waals surface area contributed by atoms with Crippen LogP contribution in [0.3, 0.4) is 0 Å². The van der Waals surface area contributed by atoms with Crippen molar-refractivity contribution >= 4 is 17.5 Å². The highest BCUT2D eigenvalue weighted by Crippen LogP contribution is 2.21. The van der Waals surface area contributed by atoms with Crippen molar-refractivity contribution in [3.05, 3.63) is 16.4 Å². The number of carbonyl (C=O) groups is 1. The molecule has 1 fully saturated rings. The standard InChI is InChI=1S/C11H16ClN3O/c1-7-9(12)10(15(2)14-7)11(16)13-8-5-3-4-6-8/h8H,3-6H2,1-2H3,(H,13,16). The fourth-order valence-corrected chi connectivity index (χ4v) is 2.45. The Kier molecular flexibility index (Phi) is 3.19. The molecule has 1 aromatic rings. The second-order valence-electron chi connectivity index (χ2n) is 4.33. The van der Waals surface area contributed by atoms with Crippen molar-refractivity contribution in [1.82, 2.24) is 15.1 Å². The zero-order chi connectivity index (χ0) is 11.7. The molecule has 2 rings (SSSR count). The molecule has 0 aromatic carbocycles. The first-order chi connectivity index (χ1) is 7.59. The Morgan fingerprint density at radius 2 is 2.12 bits per heavy atom. The number of aromatic nitrogens is 2. The van der Waals surface area contributed by atoms with Gasteiger partial charge < -0.3 is 5.32 Å². The number of halogens is 1. The first-order valence-electron chi connectivity index (χ1n) is 5.59. The third-order valence-electron chi connectivity index (χ3n) is 3.05. The summed E-state index contributed by atoms with van der Waals surface area (Å²) in [5, 5.41) is 7.59. The van der Waals surface area contributed by atoms with Crippen LogP contribution in [0.5, 0.6) is 0 Å². The number of carbonyl (C=O) groups excluding carboxylic acids is 1. The molecule has 1 aromatic heterocycles. The van der Waals surface area contributed by atoms with Crippen LogP contribution in [0.15, 0.2) is 0 Å². The first-order valence-corrected chi connectivity index (χ1v) is 5.97. The quantitative estimate of drug-likeness (QED) is 0.862. The van der Waals surface area contributed by atoms with E-state index in [0.717, 1.165) is 12.8 Å². The molecule has 1 heterocycles. The van der Waals surface area contributed by atoms with Crippen molar-refractivity contribution < 1.29 is 4.79 Å². The fraction of sp³-hybridized carbons (Fsp3) is 0.636. The van der Waals surface area contributed by atoms with Crippen molar-refractivity contribution in [3.63, 3.8) is 0 Å². The van der Waals surface area contributed by atoms with E-state index in [9.17, 15) is 4.79 Å². The maximum Gasteiger partial charge on any atom is 0.271 e. The van der Waals surface area contributed by atoms with E-state index < -0.39 is 0 Å². The molecule has 88 valence electrons. The van der Waals surface area contributed by atoms with Gasteiger partial charge in [-0.1, -0.05) is 24.4 Å². The largest absolute Gasteiger partial charge is 0.348 e. The molecule has 1 saturated carbocycles. The third-order valence-corrected chi connectivity index (χ3v) is 3.51. The molecule has 0 radical (unpaired) electrons. The molecular weight excluding hydrogens is 226 g/mol. The molecule has 1 aliphatic carbocycles. The summed E-state index contributed by atoms with van der Waals surface area (Å²) in [6.07, 6.45) is 4.53. The topological polar surface area (TPSA) is 46.9 Å². The van der Waals surface area contributed by atoms with Gasteiger partial charge in [0.2, 0.25) is 0 Å². The summed E-state index contributed by atoms with van der Waals surface area (Å²) in [5.41, 5.74) is 1.16. The van der Waals surface area contributed by atoms with Gasteiger partial charge in [0.05, 0.1) is 10.7 Å². The molecule has 5 heteroatoms. The van der Waals surface area contributed by atoms with E-state index >= 15 is 0 Å². The minimum absolute atomic E-state index is 0.111. The highest BCUT2D eigenvalue weighted by atomic mass is 35.5. The summed E-state index contributed by atoms with van der Waals surface area (Å²) in [6, 6.07) is 0.304. The van der Waals surface area contributed by atoms with Gasteiger partial charge in [-0.2, -0.15) is 5.10 Å². The van der Waals surface area contributed by atoms with Crippen molar-refractivity contribution in [2.24, 2.45) is 7.05 Å². The number of nitrogens with zero attached hydrogens (tertiary/aromatic N) is 2. The monoisotopic (exact) mass is 241 g/mol. The summed E-state index contributed by atoms with van der Waals surface area (Å²) in [4.78, 5) is 12.0. The van der Waals surface area contributed by atoms with Gasteiger partial charge in [0.1, 0.15) is 5.69 Å². The lowest BCUT2D eigenvalue weighted by molar-refractivity contribution is 0.0928. The molecule has 16 heavy (non-hydrogen) atoms. The van der Waals surface area contributed by atoms with E-state index in [4.69, 9.17) is 11.6 Å². The van der Waals surface area contributed by atoms with Gasteiger partial charge in [0.25, 0.3) is 5.91 Å². The number of amides is 1. The molecule has 0 atom stereocenters. The van der Waals surface area contributed by atoms with Gasteiger partial charge in [-0.25, -0.2) is 0 Å². The van der Waals surface area contributed by atoms with E-state index in [0.29, 0.717) is 22.5 Å². The van der Waals surface area contributed by atoms with Gasteiger partial charge in [-0.3, -0.25) is 9.48 Å². The van der Waals surface area contributed by atoms with Gasteiger partial charge >= 0.3 is 0 Å². The Labute approximate surface area is 100.0 Å². The zero-order valence-corrected chi connectivity index (χ0v) is 10.3. The lowest BCUT2D eigenvalue weighted by Gasteiger charge is -2.11. The predicted octanol–water partition coefficient (Wildman–Crippen LogP) is 2.05. The van der Waals surface area contributed by atoms with Crippen LogP contribution in [-0.4, -0.2) is 21.7 Å². The van der Waals surface area contributed by atoms with Crippen molar-refractivity contribution in [2.45, 2.75) is 38.6 Å². The van der Waals surface area contributed by atoms with Crippen LogP contribution in [0.25, 0.3) is 0 Å². The predicted molar refractivity (Wildman–Crippen MR) is 62.7 cm³/mol. The first kappa shape index (κ1) is 11.5. The molecule has 1 N–H and O–H groups in total.